The van der Waals surface area contributed by atoms with Gasteiger partial charge in [0, 0.05) is 0 Å². The maximum atomic E-state index is 2.43. The zero-order valence-electron chi connectivity index (χ0n) is 26.8. The lowest BCUT2D eigenvalue weighted by Crippen LogP contribution is -2.15. The highest BCUT2D eigenvalue weighted by atomic mass is 14.3. The lowest BCUT2D eigenvalue weighted by molar-refractivity contribution is 0.346. The molecular formula is C38H52. The van der Waals surface area contributed by atoms with E-state index in [2.05, 4.69) is 96.1 Å². The van der Waals surface area contributed by atoms with Gasteiger partial charge in [-0.2, -0.15) is 0 Å². The van der Waals surface area contributed by atoms with Crippen LogP contribution >= 0.6 is 0 Å². The SMILES string of the molecule is Cc1cc(C)c(C)c(Cc2c(C)c(C)c(-c3c(C)c(C)c(C4CCC(C)CC4)c(C)c3C)c(C)c2C)c1C. The number of rotatable bonds is 4. The molecule has 0 nitrogen and oxygen atoms in total. The summed E-state index contributed by atoms with van der Waals surface area (Å²) >= 11 is 0. The zero-order chi connectivity index (χ0) is 28.2. The molecule has 0 saturated heterocycles. The Morgan fingerprint density at radius 2 is 0.842 bits per heavy atom. The van der Waals surface area contributed by atoms with Crippen molar-refractivity contribution in [3.63, 3.8) is 0 Å². The zero-order valence-corrected chi connectivity index (χ0v) is 26.8. The molecule has 0 aliphatic heterocycles. The quantitative estimate of drug-likeness (QED) is 0.329. The van der Waals surface area contributed by atoms with Gasteiger partial charge in [0.1, 0.15) is 0 Å². The van der Waals surface area contributed by atoms with Crippen molar-refractivity contribution in [3.05, 3.63) is 89.5 Å². The Morgan fingerprint density at radius 3 is 1.26 bits per heavy atom. The Labute approximate surface area is 234 Å². The smallest absolute Gasteiger partial charge is 0.00149 e. The van der Waals surface area contributed by atoms with Crippen LogP contribution in [0.15, 0.2) is 6.07 Å². The highest BCUT2D eigenvalue weighted by Gasteiger charge is 2.27. The number of benzene rings is 3. The first-order valence-electron chi connectivity index (χ1n) is 15.0. The van der Waals surface area contributed by atoms with Crippen LogP contribution in [-0.2, 0) is 6.42 Å². The Bertz CT molecular complexity index is 1320. The molecule has 3 aromatic rings. The second kappa shape index (κ2) is 10.7. The van der Waals surface area contributed by atoms with Gasteiger partial charge in [0.15, 0.2) is 0 Å². The van der Waals surface area contributed by atoms with Gasteiger partial charge in [-0.05, 0) is 209 Å². The second-order valence-electron chi connectivity index (χ2n) is 13.0. The molecule has 0 unspecified atom stereocenters. The van der Waals surface area contributed by atoms with Crippen LogP contribution in [0.2, 0.25) is 0 Å². The summed E-state index contributed by atoms with van der Waals surface area (Å²) in [7, 11) is 0. The van der Waals surface area contributed by atoms with E-state index in [1.54, 1.807) is 16.7 Å². The average molecular weight is 509 g/mol. The molecule has 0 heterocycles. The lowest BCUT2D eigenvalue weighted by atomic mass is 9.73. The van der Waals surface area contributed by atoms with Gasteiger partial charge in [0.25, 0.3) is 0 Å². The van der Waals surface area contributed by atoms with Gasteiger partial charge < -0.3 is 0 Å². The summed E-state index contributed by atoms with van der Waals surface area (Å²) in [6, 6.07) is 2.35. The van der Waals surface area contributed by atoms with Crippen LogP contribution < -0.4 is 0 Å². The predicted molar refractivity (Wildman–Crippen MR) is 168 cm³/mol. The van der Waals surface area contributed by atoms with Crippen molar-refractivity contribution in [1.29, 1.82) is 0 Å². The van der Waals surface area contributed by atoms with E-state index in [1.165, 1.54) is 104 Å². The first-order chi connectivity index (χ1) is 17.8. The lowest BCUT2D eigenvalue weighted by Gasteiger charge is -2.32. The van der Waals surface area contributed by atoms with Gasteiger partial charge in [0.05, 0.1) is 0 Å². The van der Waals surface area contributed by atoms with E-state index in [-0.39, 0.29) is 0 Å². The van der Waals surface area contributed by atoms with Crippen LogP contribution in [-0.4, -0.2) is 0 Å². The van der Waals surface area contributed by atoms with E-state index in [9.17, 15) is 0 Å². The van der Waals surface area contributed by atoms with Gasteiger partial charge >= 0.3 is 0 Å². The minimum absolute atomic E-state index is 0.731. The third-order valence-electron chi connectivity index (χ3n) is 11.0. The normalized spacial score (nSPS) is 17.8. The summed E-state index contributed by atoms with van der Waals surface area (Å²) in [5.74, 6) is 1.62. The fourth-order valence-electron chi connectivity index (χ4n) is 7.65. The van der Waals surface area contributed by atoms with E-state index in [0.29, 0.717) is 0 Å². The van der Waals surface area contributed by atoms with Crippen molar-refractivity contribution in [1.82, 2.24) is 0 Å². The number of hydrogen-bond donors (Lipinski definition) is 0. The molecule has 0 heteroatoms. The molecule has 3 aromatic carbocycles. The topological polar surface area (TPSA) is 0 Å². The van der Waals surface area contributed by atoms with E-state index >= 15 is 0 Å². The first-order valence-corrected chi connectivity index (χ1v) is 15.0. The molecule has 0 amide bonds. The van der Waals surface area contributed by atoms with E-state index in [1.807, 2.05) is 0 Å². The molecule has 0 atom stereocenters. The fraction of sp³-hybridized carbons (Fsp3) is 0.526. The van der Waals surface area contributed by atoms with Gasteiger partial charge in [0.2, 0.25) is 0 Å². The Kier molecular flexibility index (Phi) is 8.05. The molecular weight excluding hydrogens is 456 g/mol. The maximum absolute atomic E-state index is 2.43. The molecule has 0 N–H and O–H groups in total. The third kappa shape index (κ3) is 4.67. The minimum Gasteiger partial charge on any atom is -0.0625 e. The summed E-state index contributed by atoms with van der Waals surface area (Å²) < 4.78 is 0. The van der Waals surface area contributed by atoms with Gasteiger partial charge in [-0.1, -0.05) is 25.8 Å². The van der Waals surface area contributed by atoms with Crippen LogP contribution in [0, 0.1) is 89.0 Å². The van der Waals surface area contributed by atoms with E-state index in [0.717, 1.165) is 18.3 Å². The van der Waals surface area contributed by atoms with Crippen molar-refractivity contribution < 1.29 is 0 Å². The third-order valence-corrected chi connectivity index (χ3v) is 11.0. The monoisotopic (exact) mass is 508 g/mol. The summed E-state index contributed by atoms with van der Waals surface area (Å²) in [4.78, 5) is 0. The predicted octanol–water partition coefficient (Wildman–Crippen LogP) is 10.9. The first kappa shape index (κ1) is 28.7. The maximum Gasteiger partial charge on any atom is -0.00149 e. The Balaban J connectivity index is 1.89. The van der Waals surface area contributed by atoms with Gasteiger partial charge in [-0.25, -0.2) is 0 Å². The van der Waals surface area contributed by atoms with Gasteiger partial charge in [-0.15, -0.1) is 0 Å². The van der Waals surface area contributed by atoms with E-state index < -0.39 is 0 Å². The summed E-state index contributed by atoms with van der Waals surface area (Å²) in [5, 5.41) is 0. The molecule has 1 saturated carbocycles. The van der Waals surface area contributed by atoms with E-state index in [4.69, 9.17) is 0 Å². The molecule has 1 aliphatic rings. The molecule has 0 spiro atoms. The average Bonchev–Trinajstić information content (AvgIpc) is 2.88. The summed E-state index contributed by atoms with van der Waals surface area (Å²) in [6.07, 6.45) is 6.48. The largest absolute Gasteiger partial charge is 0.0625 e. The second-order valence-corrected chi connectivity index (χ2v) is 13.0. The van der Waals surface area contributed by atoms with Crippen molar-refractivity contribution >= 4 is 0 Å². The van der Waals surface area contributed by atoms with Crippen LogP contribution in [0.4, 0.5) is 0 Å². The van der Waals surface area contributed by atoms with Crippen molar-refractivity contribution in [2.45, 2.75) is 128 Å². The van der Waals surface area contributed by atoms with Crippen molar-refractivity contribution in [2.75, 3.05) is 0 Å². The van der Waals surface area contributed by atoms with Crippen LogP contribution in [0.25, 0.3) is 11.1 Å². The van der Waals surface area contributed by atoms with Crippen LogP contribution in [0.5, 0.6) is 0 Å². The minimum atomic E-state index is 0.731. The molecule has 1 aliphatic carbocycles. The molecule has 0 bridgehead atoms. The highest BCUT2D eigenvalue weighted by molar-refractivity contribution is 5.82. The summed E-state index contributed by atoms with van der Waals surface area (Å²) in [5.41, 5.74) is 25.4. The molecule has 0 aromatic heterocycles. The molecule has 0 radical (unpaired) electrons. The number of hydrogen-bond acceptors (Lipinski definition) is 0. The molecule has 1 fully saturated rings. The van der Waals surface area contributed by atoms with Crippen LogP contribution in [0.3, 0.4) is 0 Å². The molecule has 204 valence electrons. The standard InChI is InChI=1S/C38H52/c1-20-14-16-33(17-15-20)36-29(10)31(12)38(32(13)30(36)11)37-27(8)25(6)35(26(7)28(37)9)19-34-23(4)21(2)18-22(3)24(34)5/h18,20,33H,14-17,19H2,1-13H3. The van der Waals surface area contributed by atoms with Crippen LogP contribution in [0.1, 0.15) is 122 Å². The molecule has 38 heavy (non-hydrogen) atoms. The highest BCUT2D eigenvalue weighted by Crippen LogP contribution is 2.45. The summed E-state index contributed by atoms with van der Waals surface area (Å²) in [6.45, 7) is 30.7. The Morgan fingerprint density at radius 1 is 0.474 bits per heavy atom. The van der Waals surface area contributed by atoms with Crippen molar-refractivity contribution in [2.24, 2.45) is 5.92 Å². The molecule has 4 rings (SSSR count). The van der Waals surface area contributed by atoms with Gasteiger partial charge in [-0.3, -0.25) is 0 Å². The van der Waals surface area contributed by atoms with Crippen molar-refractivity contribution in [3.8, 4) is 11.1 Å². The fourth-order valence-corrected chi connectivity index (χ4v) is 7.65. The number of aryl methyl sites for hydroxylation is 2. The Hall–Kier alpha value is -2.34.